The molecule has 0 radical (unpaired) electrons. The van der Waals surface area contributed by atoms with Gasteiger partial charge in [-0.25, -0.2) is 4.98 Å². The van der Waals surface area contributed by atoms with E-state index in [-0.39, 0.29) is 0 Å². The minimum absolute atomic E-state index is 0.327. The van der Waals surface area contributed by atoms with Crippen molar-refractivity contribution in [2.75, 3.05) is 38.3 Å². The first kappa shape index (κ1) is 11.8. The summed E-state index contributed by atoms with van der Waals surface area (Å²) in [5, 5.41) is 8.00. The molecule has 1 aliphatic heterocycles. The second kappa shape index (κ2) is 5.19. The molecule has 2 aromatic heterocycles. The van der Waals surface area contributed by atoms with E-state index in [4.69, 9.17) is 13.9 Å². The van der Waals surface area contributed by atoms with Crippen LogP contribution in [0.3, 0.4) is 0 Å². The van der Waals surface area contributed by atoms with Crippen molar-refractivity contribution < 1.29 is 13.9 Å². The Kier molecular flexibility index (Phi) is 3.23. The predicted octanol–water partition coefficient (Wildman–Crippen LogP) is 0.372. The summed E-state index contributed by atoms with van der Waals surface area (Å²) in [7, 11) is 1.53. The number of morpholine rings is 1. The van der Waals surface area contributed by atoms with Crippen molar-refractivity contribution in [3.8, 4) is 17.5 Å². The Labute approximate surface area is 109 Å². The molecule has 19 heavy (non-hydrogen) atoms. The monoisotopic (exact) mass is 263 g/mol. The first-order chi connectivity index (χ1) is 9.36. The molecule has 0 aliphatic carbocycles. The maximum Gasteiger partial charge on any atom is 0.318 e. The van der Waals surface area contributed by atoms with Crippen molar-refractivity contribution in [1.29, 1.82) is 0 Å². The van der Waals surface area contributed by atoms with Crippen LogP contribution in [0.5, 0.6) is 5.88 Å². The Morgan fingerprint density at radius 2 is 2.05 bits per heavy atom. The normalized spacial score (nSPS) is 15.5. The SMILES string of the molecule is COc1cncc(-c2nnc(N3CCOCC3)o2)n1. The van der Waals surface area contributed by atoms with Gasteiger partial charge in [0.2, 0.25) is 5.88 Å². The second-order valence-corrected chi connectivity index (χ2v) is 3.94. The van der Waals surface area contributed by atoms with Crippen LogP contribution in [0.4, 0.5) is 6.01 Å². The molecule has 1 fully saturated rings. The van der Waals surface area contributed by atoms with Gasteiger partial charge in [-0.15, -0.1) is 5.10 Å². The molecule has 1 aliphatic rings. The van der Waals surface area contributed by atoms with Crippen LogP contribution in [0.25, 0.3) is 11.6 Å². The van der Waals surface area contributed by atoms with E-state index in [9.17, 15) is 0 Å². The van der Waals surface area contributed by atoms with E-state index in [2.05, 4.69) is 20.2 Å². The fourth-order valence-corrected chi connectivity index (χ4v) is 1.75. The summed E-state index contributed by atoms with van der Waals surface area (Å²) in [5.41, 5.74) is 0.492. The molecular weight excluding hydrogens is 250 g/mol. The van der Waals surface area contributed by atoms with E-state index in [1.165, 1.54) is 13.3 Å². The average molecular weight is 263 g/mol. The fourth-order valence-electron chi connectivity index (χ4n) is 1.75. The summed E-state index contributed by atoms with van der Waals surface area (Å²) in [5.74, 6) is 0.733. The Morgan fingerprint density at radius 3 is 2.84 bits per heavy atom. The first-order valence-corrected chi connectivity index (χ1v) is 5.89. The highest BCUT2D eigenvalue weighted by Gasteiger charge is 2.18. The first-order valence-electron chi connectivity index (χ1n) is 5.89. The van der Waals surface area contributed by atoms with Crippen molar-refractivity contribution in [2.24, 2.45) is 0 Å². The second-order valence-electron chi connectivity index (χ2n) is 3.94. The lowest BCUT2D eigenvalue weighted by Gasteiger charge is -2.24. The van der Waals surface area contributed by atoms with Crippen LogP contribution < -0.4 is 9.64 Å². The Bertz CT molecular complexity index is 553. The summed E-state index contributed by atoms with van der Waals surface area (Å²) in [6.45, 7) is 2.81. The fraction of sp³-hybridized carbons (Fsp3) is 0.455. The van der Waals surface area contributed by atoms with Gasteiger partial charge in [-0.1, -0.05) is 5.10 Å². The molecule has 3 rings (SSSR count). The lowest BCUT2D eigenvalue weighted by molar-refractivity contribution is 0.120. The Morgan fingerprint density at radius 1 is 1.21 bits per heavy atom. The molecule has 0 amide bonds. The number of nitrogens with zero attached hydrogens (tertiary/aromatic N) is 5. The smallest absolute Gasteiger partial charge is 0.318 e. The van der Waals surface area contributed by atoms with Gasteiger partial charge in [0.05, 0.1) is 32.7 Å². The van der Waals surface area contributed by atoms with E-state index < -0.39 is 0 Å². The van der Waals surface area contributed by atoms with Crippen molar-refractivity contribution in [1.82, 2.24) is 20.2 Å². The van der Waals surface area contributed by atoms with Gasteiger partial charge in [0, 0.05) is 13.1 Å². The van der Waals surface area contributed by atoms with Crippen LogP contribution in [0.2, 0.25) is 0 Å². The van der Waals surface area contributed by atoms with Crippen molar-refractivity contribution in [3.63, 3.8) is 0 Å². The minimum atomic E-state index is 0.327. The molecule has 2 aromatic rings. The van der Waals surface area contributed by atoms with Crippen molar-refractivity contribution in [3.05, 3.63) is 12.4 Å². The highest BCUT2D eigenvalue weighted by molar-refractivity contribution is 5.46. The van der Waals surface area contributed by atoms with Crippen LogP contribution in [0.1, 0.15) is 0 Å². The van der Waals surface area contributed by atoms with Crippen LogP contribution in [0.15, 0.2) is 16.8 Å². The molecule has 100 valence electrons. The molecular formula is C11H13N5O3. The quantitative estimate of drug-likeness (QED) is 0.785. The molecule has 8 heteroatoms. The van der Waals surface area contributed by atoms with Gasteiger partial charge in [-0.2, -0.15) is 0 Å². The van der Waals surface area contributed by atoms with Gasteiger partial charge in [0.15, 0.2) is 0 Å². The third-order valence-electron chi connectivity index (χ3n) is 2.74. The third-order valence-corrected chi connectivity index (χ3v) is 2.74. The number of hydrogen-bond donors (Lipinski definition) is 0. The molecule has 3 heterocycles. The highest BCUT2D eigenvalue weighted by atomic mass is 16.5. The molecule has 0 aromatic carbocycles. The van der Waals surface area contributed by atoms with Gasteiger partial charge < -0.3 is 18.8 Å². The van der Waals surface area contributed by atoms with Crippen LogP contribution >= 0.6 is 0 Å². The standard InChI is InChI=1S/C11H13N5O3/c1-17-9-7-12-6-8(13-9)10-14-15-11(19-10)16-2-4-18-5-3-16/h6-7H,2-5H2,1H3. The number of methoxy groups -OCH3 is 1. The maximum atomic E-state index is 5.60. The molecule has 0 bridgehead atoms. The predicted molar refractivity (Wildman–Crippen MR) is 64.9 cm³/mol. The van der Waals surface area contributed by atoms with E-state index >= 15 is 0 Å². The number of rotatable bonds is 3. The van der Waals surface area contributed by atoms with Gasteiger partial charge in [0.1, 0.15) is 5.69 Å². The summed E-state index contributed by atoms with van der Waals surface area (Å²) in [6, 6.07) is 0.475. The molecule has 0 unspecified atom stereocenters. The van der Waals surface area contributed by atoms with Gasteiger partial charge in [0.25, 0.3) is 5.89 Å². The number of ether oxygens (including phenoxy) is 2. The molecule has 0 saturated carbocycles. The van der Waals surface area contributed by atoms with Crippen LogP contribution in [-0.4, -0.2) is 53.6 Å². The zero-order valence-electron chi connectivity index (χ0n) is 10.4. The van der Waals surface area contributed by atoms with E-state index in [1.807, 2.05) is 4.90 Å². The zero-order valence-corrected chi connectivity index (χ0v) is 10.4. The molecule has 8 nitrogen and oxygen atoms in total. The van der Waals surface area contributed by atoms with E-state index in [0.717, 1.165) is 13.1 Å². The summed E-state index contributed by atoms with van der Waals surface area (Å²) in [4.78, 5) is 10.2. The largest absolute Gasteiger partial charge is 0.480 e. The van der Waals surface area contributed by atoms with Gasteiger partial charge in [-0.3, -0.25) is 4.98 Å². The Hall–Kier alpha value is -2.22. The van der Waals surface area contributed by atoms with E-state index in [0.29, 0.717) is 36.7 Å². The van der Waals surface area contributed by atoms with Crippen LogP contribution in [0, 0.1) is 0 Å². The van der Waals surface area contributed by atoms with Crippen LogP contribution in [-0.2, 0) is 4.74 Å². The highest BCUT2D eigenvalue weighted by Crippen LogP contribution is 2.21. The lowest BCUT2D eigenvalue weighted by Crippen LogP contribution is -2.36. The summed E-state index contributed by atoms with van der Waals surface area (Å²) in [6.07, 6.45) is 3.07. The third kappa shape index (κ3) is 2.48. The minimum Gasteiger partial charge on any atom is -0.480 e. The molecule has 0 N–H and O–H groups in total. The van der Waals surface area contributed by atoms with Crippen molar-refractivity contribution in [2.45, 2.75) is 0 Å². The lowest BCUT2D eigenvalue weighted by atomic mass is 10.4. The summed E-state index contributed by atoms with van der Waals surface area (Å²) >= 11 is 0. The maximum absolute atomic E-state index is 5.60. The Balaban J connectivity index is 1.83. The van der Waals surface area contributed by atoms with Gasteiger partial charge in [-0.05, 0) is 0 Å². The number of aromatic nitrogens is 4. The van der Waals surface area contributed by atoms with E-state index in [1.54, 1.807) is 6.20 Å². The topological polar surface area (TPSA) is 86.4 Å². The average Bonchev–Trinajstić information content (AvgIpc) is 2.98. The number of anilines is 1. The van der Waals surface area contributed by atoms with Gasteiger partial charge >= 0.3 is 6.01 Å². The molecule has 0 spiro atoms. The number of hydrogen-bond acceptors (Lipinski definition) is 8. The summed E-state index contributed by atoms with van der Waals surface area (Å²) < 4.78 is 15.9. The molecule has 1 saturated heterocycles. The molecule has 0 atom stereocenters. The zero-order chi connectivity index (χ0) is 13.1. The van der Waals surface area contributed by atoms with Crippen molar-refractivity contribution >= 4 is 6.01 Å².